The fourth-order valence-corrected chi connectivity index (χ4v) is 2.06. The monoisotopic (exact) mass is 265 g/mol. The zero-order chi connectivity index (χ0) is 12.8. The standard InChI is InChI=1S/C8H14BO7P/c1-13-2-3-14-7-6(16-17(11)12)5(4-10)15-8(7)9/h5-8,10H,2-4H2,1H3/p+1/t5-,6?,7+,8-/m1/s1. The molecule has 0 spiro atoms. The van der Waals surface area contributed by atoms with Gasteiger partial charge in [-0.3, -0.25) is 0 Å². The Morgan fingerprint density at radius 2 is 2.12 bits per heavy atom. The maximum absolute atomic E-state index is 10.7. The molecule has 0 aliphatic carbocycles. The van der Waals surface area contributed by atoms with Crippen LogP contribution < -0.4 is 0 Å². The summed E-state index contributed by atoms with van der Waals surface area (Å²) in [5, 5.41) is 9.04. The molecule has 5 atom stereocenters. The Hall–Kier alpha value is -0.0751. The van der Waals surface area contributed by atoms with Crippen molar-refractivity contribution in [2.45, 2.75) is 24.3 Å². The second-order valence-corrected chi connectivity index (χ2v) is 4.14. The SMILES string of the molecule is [B][C@@H]1O[C@H](CO)C(O[P+](=O)O)[C@@H]1OCCOC. The highest BCUT2D eigenvalue weighted by Gasteiger charge is 2.48. The third-order valence-corrected chi connectivity index (χ3v) is 2.76. The van der Waals surface area contributed by atoms with Crippen molar-refractivity contribution in [3.05, 3.63) is 0 Å². The van der Waals surface area contributed by atoms with Crippen LogP contribution in [-0.2, 0) is 23.3 Å². The highest BCUT2D eigenvalue weighted by atomic mass is 31.1. The lowest BCUT2D eigenvalue weighted by molar-refractivity contribution is -0.0324. The summed E-state index contributed by atoms with van der Waals surface area (Å²) in [5.74, 6) is 0. The molecule has 0 amide bonds. The first-order chi connectivity index (χ1) is 8.10. The summed E-state index contributed by atoms with van der Waals surface area (Å²) in [5.41, 5.74) is 0. The molecule has 0 aromatic carbocycles. The van der Waals surface area contributed by atoms with Crippen LogP contribution in [0.4, 0.5) is 0 Å². The molecule has 2 radical (unpaired) electrons. The van der Waals surface area contributed by atoms with E-state index < -0.39 is 32.6 Å². The summed E-state index contributed by atoms with van der Waals surface area (Å²) in [4.78, 5) is 8.73. The van der Waals surface area contributed by atoms with Gasteiger partial charge in [-0.25, -0.2) is 0 Å². The molecule has 1 saturated heterocycles. The molecule has 1 aliphatic heterocycles. The van der Waals surface area contributed by atoms with Gasteiger partial charge < -0.3 is 19.3 Å². The van der Waals surface area contributed by atoms with Gasteiger partial charge in [-0.05, 0) is 0 Å². The second-order valence-electron chi connectivity index (χ2n) is 3.46. The Labute approximate surface area is 101 Å². The minimum Gasteiger partial charge on any atom is -0.394 e. The molecule has 1 fully saturated rings. The fraction of sp³-hybridized carbons (Fsp3) is 1.00. The molecule has 96 valence electrons. The van der Waals surface area contributed by atoms with Crippen molar-refractivity contribution in [2.24, 2.45) is 0 Å². The quantitative estimate of drug-likeness (QED) is 0.344. The van der Waals surface area contributed by atoms with Gasteiger partial charge in [0.15, 0.2) is 6.10 Å². The lowest BCUT2D eigenvalue weighted by atomic mass is 9.93. The number of methoxy groups -OCH3 is 1. The van der Waals surface area contributed by atoms with E-state index in [2.05, 4.69) is 0 Å². The molecular formula is C8H15BO7P+. The molecule has 0 aromatic heterocycles. The first kappa shape index (κ1) is 15.0. The molecule has 9 heteroatoms. The van der Waals surface area contributed by atoms with E-state index in [0.29, 0.717) is 6.61 Å². The van der Waals surface area contributed by atoms with Crippen LogP contribution in [0.25, 0.3) is 0 Å². The predicted octanol–water partition coefficient (Wildman–Crippen LogP) is -1.06. The molecule has 7 nitrogen and oxygen atoms in total. The van der Waals surface area contributed by atoms with Gasteiger partial charge in [-0.15, -0.1) is 9.42 Å². The Balaban J connectivity index is 2.58. The number of aliphatic hydroxyl groups excluding tert-OH is 1. The number of rotatable bonds is 7. The average molecular weight is 265 g/mol. The lowest BCUT2D eigenvalue weighted by Crippen LogP contribution is -2.38. The molecule has 17 heavy (non-hydrogen) atoms. The predicted molar refractivity (Wildman–Crippen MR) is 57.8 cm³/mol. The summed E-state index contributed by atoms with van der Waals surface area (Å²) in [6.45, 7) is 0.231. The van der Waals surface area contributed by atoms with E-state index in [4.69, 9.17) is 36.6 Å². The Morgan fingerprint density at radius 3 is 2.65 bits per heavy atom. The van der Waals surface area contributed by atoms with Crippen LogP contribution in [0.3, 0.4) is 0 Å². The highest BCUT2D eigenvalue weighted by molar-refractivity contribution is 7.32. The maximum atomic E-state index is 10.7. The van der Waals surface area contributed by atoms with Crippen LogP contribution in [0.15, 0.2) is 0 Å². The minimum atomic E-state index is -2.82. The molecule has 0 aromatic rings. The van der Waals surface area contributed by atoms with E-state index in [1.807, 2.05) is 0 Å². The van der Waals surface area contributed by atoms with E-state index in [0.717, 1.165) is 0 Å². The normalized spacial score (nSPS) is 33.9. The highest BCUT2D eigenvalue weighted by Crippen LogP contribution is 2.31. The minimum absolute atomic E-state index is 0.248. The maximum Gasteiger partial charge on any atom is 0.695 e. The number of hydrogen-bond acceptors (Lipinski definition) is 6. The summed E-state index contributed by atoms with van der Waals surface area (Å²) < 4.78 is 30.7. The van der Waals surface area contributed by atoms with Crippen molar-refractivity contribution in [3.63, 3.8) is 0 Å². The van der Waals surface area contributed by atoms with Gasteiger partial charge in [0, 0.05) is 17.7 Å². The summed E-state index contributed by atoms with van der Waals surface area (Å²) in [7, 11) is 4.34. The van der Waals surface area contributed by atoms with E-state index in [1.54, 1.807) is 0 Å². The van der Waals surface area contributed by atoms with Gasteiger partial charge >= 0.3 is 8.25 Å². The molecular weight excluding hydrogens is 250 g/mol. The Morgan fingerprint density at radius 1 is 1.41 bits per heavy atom. The van der Waals surface area contributed by atoms with Gasteiger partial charge in [0.1, 0.15) is 20.1 Å². The average Bonchev–Trinajstić information content (AvgIpc) is 2.56. The number of ether oxygens (including phenoxy) is 3. The largest absolute Gasteiger partial charge is 0.695 e. The number of hydrogen-bond donors (Lipinski definition) is 2. The first-order valence-electron chi connectivity index (χ1n) is 5.05. The molecule has 1 aliphatic rings. The molecule has 2 unspecified atom stereocenters. The van der Waals surface area contributed by atoms with Crippen LogP contribution in [0, 0.1) is 0 Å². The van der Waals surface area contributed by atoms with Gasteiger partial charge in [0.2, 0.25) is 0 Å². The Kier molecular flexibility index (Phi) is 6.50. The van der Waals surface area contributed by atoms with Crippen molar-refractivity contribution < 1.29 is 33.3 Å². The lowest BCUT2D eigenvalue weighted by Gasteiger charge is -2.18. The van der Waals surface area contributed by atoms with Gasteiger partial charge in [-0.1, -0.05) is 0 Å². The van der Waals surface area contributed by atoms with Crippen molar-refractivity contribution in [2.75, 3.05) is 26.9 Å². The van der Waals surface area contributed by atoms with Crippen LogP contribution in [0.1, 0.15) is 0 Å². The third-order valence-electron chi connectivity index (χ3n) is 2.34. The van der Waals surface area contributed by atoms with Gasteiger partial charge in [-0.2, -0.15) is 0 Å². The van der Waals surface area contributed by atoms with E-state index in [1.165, 1.54) is 7.11 Å². The smallest absolute Gasteiger partial charge is 0.394 e. The van der Waals surface area contributed by atoms with E-state index >= 15 is 0 Å². The van der Waals surface area contributed by atoms with Gasteiger partial charge in [0.05, 0.1) is 19.8 Å². The topological polar surface area (TPSA) is 94.5 Å². The van der Waals surface area contributed by atoms with Crippen LogP contribution in [-0.4, -0.2) is 69.1 Å². The fourth-order valence-electron chi connectivity index (χ4n) is 1.59. The summed E-state index contributed by atoms with van der Waals surface area (Å²) in [6, 6.07) is -0.816. The number of aliphatic hydroxyl groups is 1. The van der Waals surface area contributed by atoms with Crippen LogP contribution in [0.5, 0.6) is 0 Å². The van der Waals surface area contributed by atoms with Crippen molar-refractivity contribution in [3.8, 4) is 0 Å². The van der Waals surface area contributed by atoms with Crippen LogP contribution in [0.2, 0.25) is 0 Å². The Bertz CT molecular complexity index is 254. The summed E-state index contributed by atoms with van der Waals surface area (Å²) >= 11 is 0. The second kappa shape index (κ2) is 7.38. The summed E-state index contributed by atoms with van der Waals surface area (Å²) in [6.07, 6.45) is -2.36. The zero-order valence-electron chi connectivity index (χ0n) is 9.39. The molecule has 0 bridgehead atoms. The van der Waals surface area contributed by atoms with Crippen molar-refractivity contribution in [1.82, 2.24) is 0 Å². The third kappa shape index (κ3) is 4.26. The zero-order valence-corrected chi connectivity index (χ0v) is 10.3. The molecule has 1 rings (SSSR count). The van der Waals surface area contributed by atoms with E-state index in [9.17, 15) is 4.57 Å². The first-order valence-corrected chi connectivity index (χ1v) is 6.18. The van der Waals surface area contributed by atoms with Crippen LogP contribution >= 0.6 is 8.25 Å². The van der Waals surface area contributed by atoms with E-state index in [-0.39, 0.29) is 13.2 Å². The molecule has 0 saturated carbocycles. The molecule has 1 heterocycles. The van der Waals surface area contributed by atoms with Crippen molar-refractivity contribution in [1.29, 1.82) is 0 Å². The molecule has 2 N–H and O–H groups in total. The van der Waals surface area contributed by atoms with Gasteiger partial charge in [0.25, 0.3) is 0 Å². The van der Waals surface area contributed by atoms with Crippen molar-refractivity contribution >= 4 is 16.1 Å².